The van der Waals surface area contributed by atoms with Gasteiger partial charge in [-0.1, -0.05) is 45.7 Å². The van der Waals surface area contributed by atoms with Crippen LogP contribution in [0, 0.1) is 6.92 Å². The van der Waals surface area contributed by atoms with E-state index >= 15 is 0 Å². The molecule has 1 aromatic heterocycles. The average Bonchev–Trinajstić information content (AvgIpc) is 3.07. The van der Waals surface area contributed by atoms with E-state index in [0.29, 0.717) is 17.7 Å². The van der Waals surface area contributed by atoms with Crippen molar-refractivity contribution in [3.05, 3.63) is 47.3 Å². The van der Waals surface area contributed by atoms with Crippen LogP contribution in [0.25, 0.3) is 0 Å². The number of carbonyl (C=O) groups is 1. The molecule has 1 saturated carbocycles. The Labute approximate surface area is 155 Å². The summed E-state index contributed by atoms with van der Waals surface area (Å²) in [5.74, 6) is 0.332. The third-order valence-corrected chi connectivity index (χ3v) is 4.78. The van der Waals surface area contributed by atoms with Crippen molar-refractivity contribution in [3.8, 4) is 0 Å². The molecular weight excluding hydrogens is 324 g/mol. The third kappa shape index (κ3) is 4.59. The molecule has 1 aliphatic rings. The number of rotatable bonds is 4. The number of anilines is 2. The van der Waals surface area contributed by atoms with Crippen LogP contribution < -0.4 is 10.6 Å². The SMILES string of the molecule is Cc1cc(C(=O)Nc2ccc(C(C)(C)C)cc2)nc(NC2CCCC2)n1. The molecule has 26 heavy (non-hydrogen) atoms. The van der Waals surface area contributed by atoms with E-state index in [1.165, 1.54) is 18.4 Å². The Morgan fingerprint density at radius 1 is 1.08 bits per heavy atom. The zero-order valence-corrected chi connectivity index (χ0v) is 16.1. The summed E-state index contributed by atoms with van der Waals surface area (Å²) in [6.45, 7) is 8.39. The highest BCUT2D eigenvalue weighted by atomic mass is 16.1. The number of hydrogen-bond acceptors (Lipinski definition) is 4. The largest absolute Gasteiger partial charge is 0.351 e. The van der Waals surface area contributed by atoms with Crippen LogP contribution in [0.5, 0.6) is 0 Å². The van der Waals surface area contributed by atoms with Crippen molar-refractivity contribution in [1.29, 1.82) is 0 Å². The van der Waals surface area contributed by atoms with Gasteiger partial charge in [-0.2, -0.15) is 0 Å². The minimum Gasteiger partial charge on any atom is -0.351 e. The van der Waals surface area contributed by atoms with Crippen LogP contribution in [0.1, 0.15) is 68.2 Å². The first-order valence-corrected chi connectivity index (χ1v) is 9.35. The molecular formula is C21H28N4O. The molecule has 0 radical (unpaired) electrons. The number of amides is 1. The number of aryl methyl sites for hydroxylation is 1. The van der Waals surface area contributed by atoms with Crippen LogP contribution in [0.3, 0.4) is 0 Å². The fraction of sp³-hybridized carbons (Fsp3) is 0.476. The maximum absolute atomic E-state index is 12.6. The van der Waals surface area contributed by atoms with Gasteiger partial charge in [-0.25, -0.2) is 9.97 Å². The highest BCUT2D eigenvalue weighted by Gasteiger charge is 2.18. The Hall–Kier alpha value is -2.43. The van der Waals surface area contributed by atoms with E-state index in [2.05, 4.69) is 41.4 Å². The van der Waals surface area contributed by atoms with Crippen molar-refractivity contribution in [1.82, 2.24) is 9.97 Å². The van der Waals surface area contributed by atoms with Crippen molar-refractivity contribution in [2.45, 2.75) is 64.8 Å². The molecule has 3 rings (SSSR count). The summed E-state index contributed by atoms with van der Waals surface area (Å²) in [5, 5.41) is 6.29. The fourth-order valence-electron chi connectivity index (χ4n) is 3.25. The van der Waals surface area contributed by atoms with Gasteiger partial charge in [0.25, 0.3) is 5.91 Å². The molecule has 0 saturated heterocycles. The molecule has 0 unspecified atom stereocenters. The molecule has 0 aliphatic heterocycles. The number of carbonyl (C=O) groups excluding carboxylic acids is 1. The van der Waals surface area contributed by atoms with Gasteiger partial charge in [-0.05, 0) is 48.9 Å². The highest BCUT2D eigenvalue weighted by Crippen LogP contribution is 2.24. The molecule has 1 aromatic carbocycles. The van der Waals surface area contributed by atoms with E-state index in [0.717, 1.165) is 24.2 Å². The van der Waals surface area contributed by atoms with Crippen LogP contribution in [-0.2, 0) is 5.41 Å². The van der Waals surface area contributed by atoms with E-state index in [4.69, 9.17) is 0 Å². The third-order valence-electron chi connectivity index (χ3n) is 4.78. The Balaban J connectivity index is 1.71. The molecule has 5 heteroatoms. The second-order valence-electron chi connectivity index (χ2n) is 8.13. The molecule has 2 aromatic rings. The van der Waals surface area contributed by atoms with Crippen LogP contribution in [-0.4, -0.2) is 21.9 Å². The smallest absolute Gasteiger partial charge is 0.274 e. The molecule has 0 spiro atoms. The maximum Gasteiger partial charge on any atom is 0.274 e. The zero-order chi connectivity index (χ0) is 18.7. The summed E-state index contributed by atoms with van der Waals surface area (Å²) in [5.41, 5.74) is 3.26. The lowest BCUT2D eigenvalue weighted by Gasteiger charge is -2.19. The highest BCUT2D eigenvalue weighted by molar-refractivity contribution is 6.03. The molecule has 1 aliphatic carbocycles. The predicted octanol–water partition coefficient (Wildman–Crippen LogP) is 4.69. The first kappa shape index (κ1) is 18.4. The van der Waals surface area contributed by atoms with E-state index in [9.17, 15) is 4.79 Å². The molecule has 1 amide bonds. The van der Waals surface area contributed by atoms with Gasteiger partial charge in [0.2, 0.25) is 5.95 Å². The summed E-state index contributed by atoms with van der Waals surface area (Å²) >= 11 is 0. The van der Waals surface area contributed by atoms with Crippen molar-refractivity contribution < 1.29 is 4.79 Å². The number of benzene rings is 1. The number of aromatic nitrogens is 2. The minimum atomic E-state index is -0.214. The Morgan fingerprint density at radius 3 is 2.35 bits per heavy atom. The summed E-state index contributed by atoms with van der Waals surface area (Å²) < 4.78 is 0. The Kier molecular flexibility index (Phi) is 5.25. The van der Waals surface area contributed by atoms with Gasteiger partial charge in [-0.3, -0.25) is 4.79 Å². The zero-order valence-electron chi connectivity index (χ0n) is 16.1. The topological polar surface area (TPSA) is 66.9 Å². The second-order valence-corrected chi connectivity index (χ2v) is 8.13. The lowest BCUT2D eigenvalue weighted by molar-refractivity contribution is 0.102. The van der Waals surface area contributed by atoms with E-state index in [1.54, 1.807) is 6.07 Å². The maximum atomic E-state index is 12.6. The fourth-order valence-corrected chi connectivity index (χ4v) is 3.25. The lowest BCUT2D eigenvalue weighted by atomic mass is 9.87. The number of nitrogens with one attached hydrogen (secondary N) is 2. The minimum absolute atomic E-state index is 0.0904. The standard InChI is InChI=1S/C21H28N4O/c1-14-13-18(25-20(22-14)24-16-7-5-6-8-16)19(26)23-17-11-9-15(10-12-17)21(2,3)4/h9-13,16H,5-8H2,1-4H3,(H,23,26)(H,22,24,25). The molecule has 138 valence electrons. The van der Waals surface area contributed by atoms with Crippen molar-refractivity contribution in [3.63, 3.8) is 0 Å². The first-order valence-electron chi connectivity index (χ1n) is 9.35. The number of nitrogens with zero attached hydrogens (tertiary/aromatic N) is 2. The van der Waals surface area contributed by atoms with E-state index in [1.807, 2.05) is 31.2 Å². The first-order chi connectivity index (χ1) is 12.3. The van der Waals surface area contributed by atoms with Crippen molar-refractivity contribution in [2.24, 2.45) is 0 Å². The van der Waals surface area contributed by atoms with Crippen LogP contribution in [0.15, 0.2) is 30.3 Å². The Bertz CT molecular complexity index is 772. The number of hydrogen-bond donors (Lipinski definition) is 2. The molecule has 1 heterocycles. The van der Waals surface area contributed by atoms with Crippen molar-refractivity contribution >= 4 is 17.5 Å². The summed E-state index contributed by atoms with van der Waals surface area (Å²) in [7, 11) is 0. The van der Waals surface area contributed by atoms with Gasteiger partial charge in [0.1, 0.15) is 5.69 Å². The molecule has 1 fully saturated rings. The van der Waals surface area contributed by atoms with Gasteiger partial charge >= 0.3 is 0 Å². The Morgan fingerprint density at radius 2 is 1.73 bits per heavy atom. The van der Waals surface area contributed by atoms with Crippen LogP contribution in [0.4, 0.5) is 11.6 Å². The summed E-state index contributed by atoms with van der Waals surface area (Å²) in [6, 6.07) is 10.1. The molecule has 5 nitrogen and oxygen atoms in total. The summed E-state index contributed by atoms with van der Waals surface area (Å²) in [6.07, 6.45) is 4.75. The monoisotopic (exact) mass is 352 g/mol. The lowest BCUT2D eigenvalue weighted by Crippen LogP contribution is -2.20. The van der Waals surface area contributed by atoms with E-state index in [-0.39, 0.29) is 11.3 Å². The van der Waals surface area contributed by atoms with Crippen LogP contribution >= 0.6 is 0 Å². The molecule has 2 N–H and O–H groups in total. The molecule has 0 bridgehead atoms. The van der Waals surface area contributed by atoms with Gasteiger partial charge in [0, 0.05) is 17.4 Å². The average molecular weight is 352 g/mol. The quantitative estimate of drug-likeness (QED) is 0.838. The van der Waals surface area contributed by atoms with Gasteiger partial charge in [0.05, 0.1) is 0 Å². The van der Waals surface area contributed by atoms with Crippen molar-refractivity contribution in [2.75, 3.05) is 10.6 Å². The van der Waals surface area contributed by atoms with E-state index < -0.39 is 0 Å². The molecule has 0 atom stereocenters. The van der Waals surface area contributed by atoms with Gasteiger partial charge in [-0.15, -0.1) is 0 Å². The van der Waals surface area contributed by atoms with Gasteiger partial charge in [0.15, 0.2) is 0 Å². The normalized spacial score (nSPS) is 15.1. The van der Waals surface area contributed by atoms with Gasteiger partial charge < -0.3 is 10.6 Å². The van der Waals surface area contributed by atoms with Crippen LogP contribution in [0.2, 0.25) is 0 Å². The predicted molar refractivity (Wildman–Crippen MR) is 106 cm³/mol. The second kappa shape index (κ2) is 7.44. The summed E-state index contributed by atoms with van der Waals surface area (Å²) in [4.78, 5) is 21.4.